The molecule has 2 atom stereocenters. The third-order valence-electron chi connectivity index (χ3n) is 5.01. The van der Waals surface area contributed by atoms with Gasteiger partial charge in [-0.3, -0.25) is 9.69 Å². The SMILES string of the molecule is CC(NC(=O)C1CCCN(Cc2ccc(Cl)cc2Cl)C1)c1ccc(F)cc1. The van der Waals surface area contributed by atoms with Crippen LogP contribution in [-0.4, -0.2) is 23.9 Å². The van der Waals surface area contributed by atoms with E-state index in [0.717, 1.165) is 30.5 Å². The highest BCUT2D eigenvalue weighted by Gasteiger charge is 2.27. The van der Waals surface area contributed by atoms with Crippen LogP contribution >= 0.6 is 23.2 Å². The van der Waals surface area contributed by atoms with Crippen molar-refractivity contribution in [1.29, 1.82) is 0 Å². The van der Waals surface area contributed by atoms with Crippen molar-refractivity contribution in [3.63, 3.8) is 0 Å². The number of halogens is 3. The van der Waals surface area contributed by atoms with Gasteiger partial charge < -0.3 is 5.32 Å². The number of amides is 1. The molecule has 1 amide bonds. The van der Waals surface area contributed by atoms with Gasteiger partial charge in [-0.25, -0.2) is 4.39 Å². The standard InChI is InChI=1S/C21H23Cl2FN2O/c1-14(15-5-8-19(24)9-6-15)25-21(27)17-3-2-10-26(13-17)12-16-4-7-18(22)11-20(16)23/h4-9,11,14,17H,2-3,10,12-13H2,1H3,(H,25,27). The Kier molecular flexibility index (Phi) is 6.74. The van der Waals surface area contributed by atoms with Crippen LogP contribution in [0.25, 0.3) is 0 Å². The number of hydrogen-bond acceptors (Lipinski definition) is 2. The molecule has 144 valence electrons. The minimum Gasteiger partial charge on any atom is -0.349 e. The molecule has 27 heavy (non-hydrogen) atoms. The maximum atomic E-state index is 13.1. The number of rotatable bonds is 5. The van der Waals surface area contributed by atoms with Gasteiger partial charge in [-0.15, -0.1) is 0 Å². The highest BCUT2D eigenvalue weighted by molar-refractivity contribution is 6.35. The van der Waals surface area contributed by atoms with Gasteiger partial charge in [0.2, 0.25) is 5.91 Å². The molecule has 0 bridgehead atoms. The number of carbonyl (C=O) groups excluding carboxylic acids is 1. The Morgan fingerprint density at radius 2 is 2.00 bits per heavy atom. The summed E-state index contributed by atoms with van der Waals surface area (Å²) < 4.78 is 13.1. The Balaban J connectivity index is 1.58. The molecule has 6 heteroatoms. The van der Waals surface area contributed by atoms with E-state index in [0.29, 0.717) is 23.1 Å². The lowest BCUT2D eigenvalue weighted by Gasteiger charge is -2.32. The first-order valence-corrected chi connectivity index (χ1v) is 9.90. The predicted octanol–water partition coefficient (Wildman–Crippen LogP) is 5.22. The molecule has 1 saturated heterocycles. The van der Waals surface area contributed by atoms with Crippen LogP contribution in [0.15, 0.2) is 42.5 Å². The largest absolute Gasteiger partial charge is 0.349 e. The molecule has 1 aliphatic rings. The van der Waals surface area contributed by atoms with E-state index in [1.807, 2.05) is 19.1 Å². The monoisotopic (exact) mass is 408 g/mol. The number of likely N-dealkylation sites (tertiary alicyclic amines) is 1. The maximum Gasteiger partial charge on any atom is 0.224 e. The molecule has 2 aromatic rings. The first kappa shape index (κ1) is 20.1. The second-order valence-electron chi connectivity index (χ2n) is 7.09. The van der Waals surface area contributed by atoms with Crippen LogP contribution in [0.1, 0.15) is 36.9 Å². The van der Waals surface area contributed by atoms with E-state index in [1.54, 1.807) is 18.2 Å². The summed E-state index contributed by atoms with van der Waals surface area (Å²) in [5, 5.41) is 4.33. The molecule has 1 fully saturated rings. The topological polar surface area (TPSA) is 32.3 Å². The van der Waals surface area contributed by atoms with Gasteiger partial charge in [-0.2, -0.15) is 0 Å². The summed E-state index contributed by atoms with van der Waals surface area (Å²) in [6.07, 6.45) is 1.83. The Morgan fingerprint density at radius 1 is 1.26 bits per heavy atom. The summed E-state index contributed by atoms with van der Waals surface area (Å²) in [5.41, 5.74) is 1.91. The van der Waals surface area contributed by atoms with Crippen LogP contribution < -0.4 is 5.32 Å². The fourth-order valence-corrected chi connectivity index (χ4v) is 3.94. The maximum absolute atomic E-state index is 13.1. The van der Waals surface area contributed by atoms with Gasteiger partial charge in [0.15, 0.2) is 0 Å². The number of nitrogens with zero attached hydrogens (tertiary/aromatic N) is 1. The lowest BCUT2D eigenvalue weighted by molar-refractivity contribution is -0.127. The smallest absolute Gasteiger partial charge is 0.224 e. The van der Waals surface area contributed by atoms with Crippen LogP contribution in [0, 0.1) is 11.7 Å². The summed E-state index contributed by atoms with van der Waals surface area (Å²) in [4.78, 5) is 15.0. The lowest BCUT2D eigenvalue weighted by Crippen LogP contribution is -2.43. The number of nitrogens with one attached hydrogen (secondary N) is 1. The van der Waals surface area contributed by atoms with Crippen LogP contribution in [0.4, 0.5) is 4.39 Å². The van der Waals surface area contributed by atoms with Crippen molar-refractivity contribution < 1.29 is 9.18 Å². The van der Waals surface area contributed by atoms with E-state index in [2.05, 4.69) is 10.2 Å². The third-order valence-corrected chi connectivity index (χ3v) is 5.60. The molecular formula is C21H23Cl2FN2O. The van der Waals surface area contributed by atoms with E-state index in [1.165, 1.54) is 12.1 Å². The third kappa shape index (κ3) is 5.44. The number of piperidine rings is 1. The first-order valence-electron chi connectivity index (χ1n) is 9.14. The Morgan fingerprint density at radius 3 is 2.70 bits per heavy atom. The van der Waals surface area contributed by atoms with Crippen LogP contribution in [0.5, 0.6) is 0 Å². The van der Waals surface area contributed by atoms with E-state index in [4.69, 9.17) is 23.2 Å². The molecular weight excluding hydrogens is 386 g/mol. The van der Waals surface area contributed by atoms with Crippen molar-refractivity contribution in [2.75, 3.05) is 13.1 Å². The van der Waals surface area contributed by atoms with E-state index < -0.39 is 0 Å². The molecule has 3 nitrogen and oxygen atoms in total. The summed E-state index contributed by atoms with van der Waals surface area (Å²) in [5.74, 6) is -0.299. The van der Waals surface area contributed by atoms with Gasteiger partial charge in [0.1, 0.15) is 5.82 Å². The van der Waals surface area contributed by atoms with Crippen molar-refractivity contribution in [3.05, 3.63) is 69.5 Å². The minimum atomic E-state index is -0.277. The van der Waals surface area contributed by atoms with E-state index in [9.17, 15) is 9.18 Å². The first-order chi connectivity index (χ1) is 12.9. The van der Waals surface area contributed by atoms with E-state index >= 15 is 0 Å². The normalized spacial score (nSPS) is 18.9. The van der Waals surface area contributed by atoms with Crippen molar-refractivity contribution in [2.45, 2.75) is 32.4 Å². The fourth-order valence-electron chi connectivity index (χ4n) is 3.47. The molecule has 0 spiro atoms. The molecule has 3 rings (SSSR count). The number of hydrogen-bond donors (Lipinski definition) is 1. The molecule has 2 aromatic carbocycles. The highest BCUT2D eigenvalue weighted by Crippen LogP contribution is 2.25. The van der Waals surface area contributed by atoms with Crippen LogP contribution in [0.3, 0.4) is 0 Å². The fraction of sp³-hybridized carbons (Fsp3) is 0.381. The molecule has 0 aliphatic carbocycles. The van der Waals surface area contributed by atoms with Crippen molar-refractivity contribution in [1.82, 2.24) is 10.2 Å². The average molecular weight is 409 g/mol. The molecule has 0 saturated carbocycles. The van der Waals surface area contributed by atoms with Gasteiger partial charge in [0.25, 0.3) is 0 Å². The van der Waals surface area contributed by atoms with Gasteiger partial charge in [0, 0.05) is 23.1 Å². The van der Waals surface area contributed by atoms with Gasteiger partial charge in [-0.05, 0) is 61.7 Å². The molecule has 1 heterocycles. The quantitative estimate of drug-likeness (QED) is 0.734. The molecule has 1 N–H and O–H groups in total. The Hall–Kier alpha value is -1.62. The second kappa shape index (κ2) is 9.05. The van der Waals surface area contributed by atoms with Crippen LogP contribution in [-0.2, 0) is 11.3 Å². The second-order valence-corrected chi connectivity index (χ2v) is 7.94. The summed E-state index contributed by atoms with van der Waals surface area (Å²) in [7, 11) is 0. The predicted molar refractivity (Wildman–Crippen MR) is 107 cm³/mol. The summed E-state index contributed by atoms with van der Waals surface area (Å²) in [6, 6.07) is 11.6. The average Bonchev–Trinajstić information content (AvgIpc) is 2.65. The van der Waals surface area contributed by atoms with Crippen LogP contribution in [0.2, 0.25) is 10.0 Å². The van der Waals surface area contributed by atoms with Crippen molar-refractivity contribution in [2.24, 2.45) is 5.92 Å². The van der Waals surface area contributed by atoms with Crippen molar-refractivity contribution >= 4 is 29.1 Å². The van der Waals surface area contributed by atoms with Crippen molar-refractivity contribution in [3.8, 4) is 0 Å². The minimum absolute atomic E-state index is 0.0405. The summed E-state index contributed by atoms with van der Waals surface area (Å²) >= 11 is 12.2. The molecule has 2 unspecified atom stereocenters. The highest BCUT2D eigenvalue weighted by atomic mass is 35.5. The summed E-state index contributed by atoms with van der Waals surface area (Å²) in [6.45, 7) is 4.25. The number of benzene rings is 2. The lowest BCUT2D eigenvalue weighted by atomic mass is 9.96. The molecule has 1 aliphatic heterocycles. The Bertz CT molecular complexity index is 797. The molecule has 0 radical (unpaired) electrons. The zero-order valence-corrected chi connectivity index (χ0v) is 16.7. The van der Waals surface area contributed by atoms with Gasteiger partial charge in [0.05, 0.1) is 12.0 Å². The zero-order chi connectivity index (χ0) is 19.4. The van der Waals surface area contributed by atoms with Gasteiger partial charge >= 0.3 is 0 Å². The van der Waals surface area contributed by atoms with Gasteiger partial charge in [-0.1, -0.05) is 41.4 Å². The van der Waals surface area contributed by atoms with E-state index in [-0.39, 0.29) is 23.7 Å². The zero-order valence-electron chi connectivity index (χ0n) is 15.2. The number of carbonyl (C=O) groups is 1. The Labute approximate surface area is 169 Å². The molecule has 0 aromatic heterocycles.